The number of thiocarbonyl (C=S) groups is 1. The van der Waals surface area contributed by atoms with Crippen LogP contribution in [0, 0.1) is 0 Å². The number of hydrogen-bond donors (Lipinski definition) is 1. The summed E-state index contributed by atoms with van der Waals surface area (Å²) in [5.41, 5.74) is 8.89. The second-order valence-corrected chi connectivity index (χ2v) is 5.67. The first kappa shape index (κ1) is 14.0. The lowest BCUT2D eigenvalue weighted by Gasteiger charge is -2.16. The van der Waals surface area contributed by atoms with E-state index in [1.54, 1.807) is 11.3 Å². The highest BCUT2D eigenvalue weighted by Gasteiger charge is 2.07. The van der Waals surface area contributed by atoms with Gasteiger partial charge >= 0.3 is 0 Å². The van der Waals surface area contributed by atoms with Crippen molar-refractivity contribution >= 4 is 33.7 Å². The number of nitrogens with two attached hydrogens (primary N) is 1. The van der Waals surface area contributed by atoms with Crippen molar-refractivity contribution < 1.29 is 0 Å². The summed E-state index contributed by atoms with van der Waals surface area (Å²) >= 11 is 6.68. The van der Waals surface area contributed by atoms with E-state index in [9.17, 15) is 0 Å². The summed E-state index contributed by atoms with van der Waals surface area (Å²) in [7, 11) is 2.05. The smallest absolute Gasteiger partial charge is 0.185 e. The van der Waals surface area contributed by atoms with Crippen molar-refractivity contribution in [2.24, 2.45) is 5.73 Å². The molecular formula is C14H17N3S2. The molecule has 0 radical (unpaired) electrons. The number of hydrogen-bond acceptors (Lipinski definition) is 4. The Balaban J connectivity index is 2.12. The van der Waals surface area contributed by atoms with Gasteiger partial charge in [0, 0.05) is 24.5 Å². The number of aromatic nitrogens is 1. The van der Waals surface area contributed by atoms with E-state index < -0.39 is 0 Å². The molecule has 0 spiro atoms. The molecule has 0 aliphatic carbocycles. The van der Waals surface area contributed by atoms with Crippen LogP contribution in [0.15, 0.2) is 29.6 Å². The first-order valence-electron chi connectivity index (χ1n) is 6.14. The molecule has 0 aliphatic rings. The van der Waals surface area contributed by atoms with Gasteiger partial charge in [0.25, 0.3) is 0 Å². The third-order valence-corrected chi connectivity index (χ3v) is 4.10. The fourth-order valence-electron chi connectivity index (χ4n) is 1.80. The monoisotopic (exact) mass is 291 g/mol. The lowest BCUT2D eigenvalue weighted by molar-refractivity contribution is 0.904. The van der Waals surface area contributed by atoms with Crippen LogP contribution in [0.4, 0.5) is 5.13 Å². The van der Waals surface area contributed by atoms with Gasteiger partial charge in [-0.15, -0.1) is 11.3 Å². The highest BCUT2D eigenvalue weighted by Crippen LogP contribution is 2.21. The van der Waals surface area contributed by atoms with E-state index in [0.29, 0.717) is 4.99 Å². The molecule has 2 rings (SSSR count). The maximum Gasteiger partial charge on any atom is 0.185 e. The predicted octanol–water partition coefficient (Wildman–Crippen LogP) is 2.98. The fraction of sp³-hybridized carbons (Fsp3) is 0.286. The molecule has 0 amide bonds. The summed E-state index contributed by atoms with van der Waals surface area (Å²) in [5.74, 6) is 0. The molecule has 2 N–H and O–H groups in total. The Morgan fingerprint density at radius 2 is 2.26 bits per heavy atom. The maximum absolute atomic E-state index is 5.65. The average molecular weight is 291 g/mol. The van der Waals surface area contributed by atoms with Gasteiger partial charge in [-0.2, -0.15) is 0 Å². The molecule has 100 valence electrons. The van der Waals surface area contributed by atoms with E-state index in [0.717, 1.165) is 29.4 Å². The highest BCUT2D eigenvalue weighted by molar-refractivity contribution is 7.80. The lowest BCUT2D eigenvalue weighted by Crippen LogP contribution is -2.17. The van der Waals surface area contributed by atoms with Crippen LogP contribution in [0.3, 0.4) is 0 Å². The summed E-state index contributed by atoms with van der Waals surface area (Å²) in [6.45, 7) is 2.91. The number of nitrogens with zero attached hydrogens (tertiary/aromatic N) is 2. The summed E-state index contributed by atoms with van der Waals surface area (Å²) in [5, 5.41) is 3.15. The third-order valence-electron chi connectivity index (χ3n) is 2.86. The van der Waals surface area contributed by atoms with Crippen LogP contribution in [-0.4, -0.2) is 17.0 Å². The molecule has 3 nitrogen and oxygen atoms in total. The Morgan fingerprint density at radius 1 is 1.47 bits per heavy atom. The standard InChI is InChI=1S/C14H17N3S2/c1-3-12-9-19-14(16-12)17(2)8-10-5-4-6-11(7-10)13(15)18/h4-7,9H,3,8H2,1-2H3,(H2,15,18). The molecule has 1 heterocycles. The van der Waals surface area contributed by atoms with Crippen molar-refractivity contribution in [2.45, 2.75) is 19.9 Å². The number of aryl methyl sites for hydroxylation is 1. The number of rotatable bonds is 5. The molecule has 0 fully saturated rings. The summed E-state index contributed by atoms with van der Waals surface area (Å²) < 4.78 is 0. The van der Waals surface area contributed by atoms with E-state index in [2.05, 4.69) is 28.3 Å². The molecule has 5 heteroatoms. The normalized spacial score (nSPS) is 10.4. The molecule has 19 heavy (non-hydrogen) atoms. The van der Waals surface area contributed by atoms with Gasteiger partial charge in [0.2, 0.25) is 0 Å². The Morgan fingerprint density at radius 3 is 2.89 bits per heavy atom. The van der Waals surface area contributed by atoms with E-state index in [-0.39, 0.29) is 0 Å². The van der Waals surface area contributed by atoms with E-state index >= 15 is 0 Å². The first-order valence-corrected chi connectivity index (χ1v) is 7.43. The van der Waals surface area contributed by atoms with Crippen LogP contribution < -0.4 is 10.6 Å². The first-order chi connectivity index (χ1) is 9.10. The number of anilines is 1. The summed E-state index contributed by atoms with van der Waals surface area (Å²) in [6, 6.07) is 8.03. The Labute approximate surface area is 123 Å². The lowest BCUT2D eigenvalue weighted by atomic mass is 10.1. The summed E-state index contributed by atoms with van der Waals surface area (Å²) in [4.78, 5) is 7.15. The predicted molar refractivity (Wildman–Crippen MR) is 85.9 cm³/mol. The molecule has 0 bridgehead atoms. The quantitative estimate of drug-likeness (QED) is 0.860. The average Bonchev–Trinajstić information content (AvgIpc) is 2.88. The zero-order valence-electron chi connectivity index (χ0n) is 11.1. The van der Waals surface area contributed by atoms with Crippen molar-refractivity contribution in [3.63, 3.8) is 0 Å². The van der Waals surface area contributed by atoms with Crippen molar-refractivity contribution in [1.82, 2.24) is 4.98 Å². The van der Waals surface area contributed by atoms with E-state index in [4.69, 9.17) is 18.0 Å². The van der Waals surface area contributed by atoms with Gasteiger partial charge in [0.15, 0.2) is 5.13 Å². The fourth-order valence-corrected chi connectivity index (χ4v) is 2.80. The van der Waals surface area contributed by atoms with Crippen LogP contribution in [0.25, 0.3) is 0 Å². The number of thiazole rings is 1. The van der Waals surface area contributed by atoms with Gasteiger partial charge < -0.3 is 10.6 Å². The molecule has 0 atom stereocenters. The third kappa shape index (κ3) is 3.52. The molecule has 1 aromatic heterocycles. The van der Waals surface area contributed by atoms with Gasteiger partial charge in [0.05, 0.1) is 5.69 Å². The van der Waals surface area contributed by atoms with Gasteiger partial charge in [-0.05, 0) is 18.1 Å². The Bertz CT molecular complexity index is 578. The maximum atomic E-state index is 5.65. The summed E-state index contributed by atoms with van der Waals surface area (Å²) in [6.07, 6.45) is 0.973. The second kappa shape index (κ2) is 6.12. The van der Waals surface area contributed by atoms with Gasteiger partial charge in [-0.1, -0.05) is 37.3 Å². The van der Waals surface area contributed by atoms with E-state index in [1.165, 1.54) is 5.56 Å². The molecule has 0 unspecified atom stereocenters. The molecule has 0 saturated carbocycles. The van der Waals surface area contributed by atoms with Crippen LogP contribution in [0.5, 0.6) is 0 Å². The SMILES string of the molecule is CCc1csc(N(C)Cc2cccc(C(N)=S)c2)n1. The highest BCUT2D eigenvalue weighted by atomic mass is 32.1. The van der Waals surface area contributed by atoms with Crippen molar-refractivity contribution in [1.29, 1.82) is 0 Å². The molecule has 2 aromatic rings. The Kier molecular flexibility index (Phi) is 4.50. The number of benzene rings is 1. The van der Waals surface area contributed by atoms with Crippen LogP contribution in [0.2, 0.25) is 0 Å². The zero-order valence-corrected chi connectivity index (χ0v) is 12.7. The van der Waals surface area contributed by atoms with Gasteiger partial charge in [-0.25, -0.2) is 4.98 Å². The minimum Gasteiger partial charge on any atom is -0.389 e. The second-order valence-electron chi connectivity index (χ2n) is 4.40. The molecule has 1 aromatic carbocycles. The van der Waals surface area contributed by atoms with Crippen molar-refractivity contribution in [3.8, 4) is 0 Å². The van der Waals surface area contributed by atoms with Crippen LogP contribution >= 0.6 is 23.6 Å². The molecule has 0 aliphatic heterocycles. The minimum absolute atomic E-state index is 0.437. The minimum atomic E-state index is 0.437. The van der Waals surface area contributed by atoms with Gasteiger partial charge in [-0.3, -0.25) is 0 Å². The van der Waals surface area contributed by atoms with E-state index in [1.807, 2.05) is 25.2 Å². The van der Waals surface area contributed by atoms with Crippen molar-refractivity contribution in [2.75, 3.05) is 11.9 Å². The Hall–Kier alpha value is -1.46. The van der Waals surface area contributed by atoms with Gasteiger partial charge in [0.1, 0.15) is 4.99 Å². The van der Waals surface area contributed by atoms with Crippen molar-refractivity contribution in [3.05, 3.63) is 46.5 Å². The molecular weight excluding hydrogens is 274 g/mol. The largest absolute Gasteiger partial charge is 0.389 e. The zero-order chi connectivity index (χ0) is 13.8. The topological polar surface area (TPSA) is 42.1 Å². The van der Waals surface area contributed by atoms with Crippen LogP contribution in [0.1, 0.15) is 23.7 Å². The molecule has 0 saturated heterocycles. The van der Waals surface area contributed by atoms with Crippen LogP contribution in [-0.2, 0) is 13.0 Å².